The van der Waals surface area contributed by atoms with Gasteiger partial charge in [0.2, 0.25) is 0 Å². The van der Waals surface area contributed by atoms with Crippen LogP contribution in [0.25, 0.3) is 0 Å². The Labute approximate surface area is 162 Å². The van der Waals surface area contributed by atoms with Crippen molar-refractivity contribution < 1.29 is 9.53 Å². The van der Waals surface area contributed by atoms with Gasteiger partial charge in [0.1, 0.15) is 12.4 Å². The number of halogens is 2. The van der Waals surface area contributed by atoms with Gasteiger partial charge in [-0.1, -0.05) is 59.6 Å². The standard InChI is InChI=1S/C21H17Cl2NO2/c1-14-18(23)8-5-9-19(14)24-21(25)17-12-16(22)10-11-20(17)26-13-15-6-3-2-4-7-15/h2-12H,13H2,1H3,(H,24,25). The third kappa shape index (κ3) is 4.37. The molecule has 0 fully saturated rings. The molecule has 0 atom stereocenters. The van der Waals surface area contributed by atoms with Crippen molar-refractivity contribution in [2.45, 2.75) is 13.5 Å². The number of carbonyl (C=O) groups is 1. The molecular weight excluding hydrogens is 369 g/mol. The minimum absolute atomic E-state index is 0.305. The van der Waals surface area contributed by atoms with Crippen molar-refractivity contribution in [1.29, 1.82) is 0 Å². The van der Waals surface area contributed by atoms with Crippen LogP contribution < -0.4 is 10.1 Å². The summed E-state index contributed by atoms with van der Waals surface area (Å²) < 4.78 is 5.85. The number of anilines is 1. The summed E-state index contributed by atoms with van der Waals surface area (Å²) in [7, 11) is 0. The van der Waals surface area contributed by atoms with Gasteiger partial charge in [0.25, 0.3) is 5.91 Å². The maximum absolute atomic E-state index is 12.8. The first-order chi connectivity index (χ1) is 12.5. The Morgan fingerprint density at radius 3 is 2.54 bits per heavy atom. The molecule has 3 aromatic carbocycles. The molecule has 3 aromatic rings. The van der Waals surface area contributed by atoms with Crippen molar-refractivity contribution >= 4 is 34.8 Å². The molecule has 1 amide bonds. The van der Waals surface area contributed by atoms with E-state index in [0.29, 0.717) is 33.7 Å². The second-order valence-corrected chi connectivity index (χ2v) is 6.62. The molecule has 3 nitrogen and oxygen atoms in total. The Kier molecular flexibility index (Phi) is 5.82. The number of rotatable bonds is 5. The number of nitrogens with one attached hydrogen (secondary N) is 1. The van der Waals surface area contributed by atoms with Gasteiger partial charge in [-0.3, -0.25) is 4.79 Å². The molecule has 5 heteroatoms. The lowest BCUT2D eigenvalue weighted by Crippen LogP contribution is -2.14. The van der Waals surface area contributed by atoms with E-state index < -0.39 is 0 Å². The molecule has 3 rings (SSSR count). The lowest BCUT2D eigenvalue weighted by Gasteiger charge is -2.14. The summed E-state index contributed by atoms with van der Waals surface area (Å²) in [5.41, 5.74) is 2.83. The maximum atomic E-state index is 12.8. The van der Waals surface area contributed by atoms with Crippen molar-refractivity contribution in [1.82, 2.24) is 0 Å². The lowest BCUT2D eigenvalue weighted by atomic mass is 10.1. The first-order valence-electron chi connectivity index (χ1n) is 8.07. The Morgan fingerprint density at radius 2 is 1.77 bits per heavy atom. The zero-order chi connectivity index (χ0) is 18.5. The second kappa shape index (κ2) is 8.26. The van der Waals surface area contributed by atoms with Crippen molar-refractivity contribution in [3.8, 4) is 5.75 Å². The van der Waals surface area contributed by atoms with Gasteiger partial charge in [0.15, 0.2) is 0 Å². The first kappa shape index (κ1) is 18.3. The van der Waals surface area contributed by atoms with Gasteiger partial charge in [0, 0.05) is 15.7 Å². The van der Waals surface area contributed by atoms with Gasteiger partial charge in [-0.2, -0.15) is 0 Å². The normalized spacial score (nSPS) is 10.4. The van der Waals surface area contributed by atoms with Crippen LogP contribution in [0, 0.1) is 6.92 Å². The fourth-order valence-corrected chi connectivity index (χ4v) is 2.82. The minimum atomic E-state index is -0.305. The number of carbonyl (C=O) groups excluding carboxylic acids is 1. The van der Waals surface area contributed by atoms with Gasteiger partial charge < -0.3 is 10.1 Å². The lowest BCUT2D eigenvalue weighted by molar-refractivity contribution is 0.102. The predicted octanol–water partition coefficient (Wildman–Crippen LogP) is 6.13. The number of hydrogen-bond acceptors (Lipinski definition) is 2. The van der Waals surface area contributed by atoms with Gasteiger partial charge >= 0.3 is 0 Å². The molecule has 0 bridgehead atoms. The number of ether oxygens (including phenoxy) is 1. The van der Waals surface area contributed by atoms with Crippen LogP contribution in [0.4, 0.5) is 5.69 Å². The Hall–Kier alpha value is -2.49. The van der Waals surface area contributed by atoms with Crippen LogP contribution in [0.1, 0.15) is 21.5 Å². The summed E-state index contributed by atoms with van der Waals surface area (Å²) in [5.74, 6) is 0.163. The van der Waals surface area contributed by atoms with Crippen molar-refractivity contribution in [2.75, 3.05) is 5.32 Å². The predicted molar refractivity (Wildman–Crippen MR) is 106 cm³/mol. The average Bonchev–Trinajstić information content (AvgIpc) is 2.65. The molecule has 0 aliphatic carbocycles. The Bertz CT molecular complexity index is 927. The molecule has 0 saturated carbocycles. The fraction of sp³-hybridized carbons (Fsp3) is 0.0952. The molecule has 0 saturated heterocycles. The van der Waals surface area contributed by atoms with E-state index in [2.05, 4.69) is 5.32 Å². The topological polar surface area (TPSA) is 38.3 Å². The molecule has 0 radical (unpaired) electrons. The zero-order valence-electron chi connectivity index (χ0n) is 14.1. The van der Waals surface area contributed by atoms with Crippen LogP contribution in [0.5, 0.6) is 5.75 Å². The highest BCUT2D eigenvalue weighted by Crippen LogP contribution is 2.27. The molecule has 0 aromatic heterocycles. The summed E-state index contributed by atoms with van der Waals surface area (Å²) in [6.07, 6.45) is 0. The van der Waals surface area contributed by atoms with Crippen molar-refractivity contribution in [3.63, 3.8) is 0 Å². The quantitative estimate of drug-likeness (QED) is 0.573. The summed E-state index contributed by atoms with van der Waals surface area (Å²) in [6.45, 7) is 2.21. The van der Waals surface area contributed by atoms with E-state index in [-0.39, 0.29) is 5.91 Å². The number of hydrogen-bond donors (Lipinski definition) is 1. The second-order valence-electron chi connectivity index (χ2n) is 5.78. The van der Waals surface area contributed by atoms with E-state index in [1.165, 1.54) is 0 Å². The van der Waals surface area contributed by atoms with Gasteiger partial charge in [-0.25, -0.2) is 0 Å². The minimum Gasteiger partial charge on any atom is -0.488 e. The van der Waals surface area contributed by atoms with Crippen molar-refractivity contribution in [2.24, 2.45) is 0 Å². The zero-order valence-corrected chi connectivity index (χ0v) is 15.6. The van der Waals surface area contributed by atoms with E-state index in [4.69, 9.17) is 27.9 Å². The molecular formula is C21H17Cl2NO2. The van der Waals surface area contributed by atoms with Gasteiger partial charge in [0.05, 0.1) is 5.56 Å². The smallest absolute Gasteiger partial charge is 0.259 e. The molecule has 132 valence electrons. The molecule has 0 heterocycles. The summed E-state index contributed by atoms with van der Waals surface area (Å²) >= 11 is 12.2. The van der Waals surface area contributed by atoms with Crippen LogP contribution in [-0.2, 0) is 6.61 Å². The maximum Gasteiger partial charge on any atom is 0.259 e. The SMILES string of the molecule is Cc1c(Cl)cccc1NC(=O)c1cc(Cl)ccc1OCc1ccccc1. The van der Waals surface area contributed by atoms with Crippen LogP contribution in [-0.4, -0.2) is 5.91 Å². The molecule has 0 aliphatic heterocycles. The highest BCUT2D eigenvalue weighted by Gasteiger charge is 2.15. The molecule has 0 aliphatic rings. The number of benzene rings is 3. The highest BCUT2D eigenvalue weighted by atomic mass is 35.5. The molecule has 26 heavy (non-hydrogen) atoms. The van der Waals surface area contributed by atoms with Crippen LogP contribution >= 0.6 is 23.2 Å². The van der Waals surface area contributed by atoms with E-state index >= 15 is 0 Å². The van der Waals surface area contributed by atoms with E-state index in [9.17, 15) is 4.79 Å². The molecule has 0 unspecified atom stereocenters. The van der Waals surface area contributed by atoms with E-state index in [0.717, 1.165) is 11.1 Å². The van der Waals surface area contributed by atoms with E-state index in [1.807, 2.05) is 37.3 Å². The first-order valence-corrected chi connectivity index (χ1v) is 8.83. The van der Waals surface area contributed by atoms with E-state index in [1.54, 1.807) is 36.4 Å². The van der Waals surface area contributed by atoms with Gasteiger partial charge in [-0.15, -0.1) is 0 Å². The Morgan fingerprint density at radius 1 is 1.00 bits per heavy atom. The number of amides is 1. The van der Waals surface area contributed by atoms with Gasteiger partial charge in [-0.05, 0) is 48.4 Å². The van der Waals surface area contributed by atoms with Crippen molar-refractivity contribution in [3.05, 3.63) is 93.5 Å². The van der Waals surface area contributed by atoms with Crippen LogP contribution in [0.2, 0.25) is 10.0 Å². The van der Waals surface area contributed by atoms with Crippen LogP contribution in [0.15, 0.2) is 66.7 Å². The highest BCUT2D eigenvalue weighted by molar-refractivity contribution is 6.32. The molecule has 1 N–H and O–H groups in total. The average molecular weight is 386 g/mol. The van der Waals surface area contributed by atoms with Crippen LogP contribution in [0.3, 0.4) is 0 Å². The summed E-state index contributed by atoms with van der Waals surface area (Å²) in [5, 5.41) is 3.93. The summed E-state index contributed by atoms with van der Waals surface area (Å²) in [4.78, 5) is 12.8. The monoisotopic (exact) mass is 385 g/mol. The third-order valence-electron chi connectivity index (χ3n) is 3.94. The Balaban J connectivity index is 1.82. The third-order valence-corrected chi connectivity index (χ3v) is 4.58. The fourth-order valence-electron chi connectivity index (χ4n) is 2.47. The molecule has 0 spiro atoms. The largest absolute Gasteiger partial charge is 0.488 e. The summed E-state index contributed by atoms with van der Waals surface area (Å²) in [6, 6.07) is 20.1.